The number of benzene rings is 1. The van der Waals surface area contributed by atoms with Gasteiger partial charge in [-0.3, -0.25) is 9.59 Å². The molecule has 0 heterocycles. The Morgan fingerprint density at radius 1 is 1.44 bits per heavy atom. The average molecular weight is 219 g/mol. The summed E-state index contributed by atoms with van der Waals surface area (Å²) in [5.74, 6) is -0.543. The highest BCUT2D eigenvalue weighted by atomic mass is 16.1. The molecule has 0 aromatic heterocycles. The van der Waals surface area contributed by atoms with Crippen LogP contribution in [0.1, 0.15) is 20.7 Å². The van der Waals surface area contributed by atoms with E-state index < -0.39 is 5.91 Å². The molecular formula is C11H13N3O2. The van der Waals surface area contributed by atoms with E-state index in [-0.39, 0.29) is 0 Å². The smallest absolute Gasteiger partial charge is 0.248 e. The molecule has 1 rings (SSSR count). The first-order valence-corrected chi connectivity index (χ1v) is 4.64. The molecule has 84 valence electrons. The summed E-state index contributed by atoms with van der Waals surface area (Å²) < 4.78 is 0. The van der Waals surface area contributed by atoms with Crippen LogP contribution in [0.5, 0.6) is 0 Å². The van der Waals surface area contributed by atoms with Crippen LogP contribution in [0.2, 0.25) is 0 Å². The van der Waals surface area contributed by atoms with E-state index in [2.05, 4.69) is 4.99 Å². The van der Waals surface area contributed by atoms with Crippen molar-refractivity contribution in [2.24, 2.45) is 10.7 Å². The molecular weight excluding hydrogens is 206 g/mol. The zero-order valence-corrected chi connectivity index (χ0v) is 9.18. The molecule has 0 unspecified atom stereocenters. The van der Waals surface area contributed by atoms with E-state index in [0.29, 0.717) is 23.1 Å². The SMILES string of the molecule is CN(C)C=Nc1cc(C(N)=O)ccc1C=O. The molecule has 16 heavy (non-hydrogen) atoms. The topological polar surface area (TPSA) is 75.8 Å². The quantitative estimate of drug-likeness (QED) is 0.462. The van der Waals surface area contributed by atoms with Gasteiger partial charge in [-0.1, -0.05) is 0 Å². The Balaban J connectivity index is 3.16. The van der Waals surface area contributed by atoms with Crippen molar-refractivity contribution in [3.05, 3.63) is 29.3 Å². The minimum absolute atomic E-state index is 0.330. The zero-order chi connectivity index (χ0) is 12.1. The van der Waals surface area contributed by atoms with Gasteiger partial charge in [0.25, 0.3) is 0 Å². The summed E-state index contributed by atoms with van der Waals surface area (Å²) >= 11 is 0. The minimum atomic E-state index is -0.543. The molecule has 5 nitrogen and oxygen atoms in total. The number of aliphatic imine (C=N–C) groups is 1. The Morgan fingerprint density at radius 3 is 2.62 bits per heavy atom. The normalized spacial score (nSPS) is 10.4. The molecule has 0 radical (unpaired) electrons. The molecule has 0 saturated heterocycles. The number of primary amides is 1. The molecule has 2 N–H and O–H groups in total. The zero-order valence-electron chi connectivity index (χ0n) is 9.18. The lowest BCUT2D eigenvalue weighted by Crippen LogP contribution is -2.11. The van der Waals surface area contributed by atoms with Gasteiger partial charge in [-0.05, 0) is 18.2 Å². The lowest BCUT2D eigenvalue weighted by atomic mass is 10.1. The van der Waals surface area contributed by atoms with Crippen LogP contribution in [-0.2, 0) is 0 Å². The minimum Gasteiger partial charge on any atom is -0.369 e. The summed E-state index contributed by atoms with van der Waals surface area (Å²) in [6.45, 7) is 0. The van der Waals surface area contributed by atoms with Gasteiger partial charge in [0, 0.05) is 25.2 Å². The van der Waals surface area contributed by atoms with Gasteiger partial charge in [-0.15, -0.1) is 0 Å². The van der Waals surface area contributed by atoms with Gasteiger partial charge in [0.1, 0.15) is 0 Å². The van der Waals surface area contributed by atoms with Gasteiger partial charge in [0.05, 0.1) is 12.0 Å². The van der Waals surface area contributed by atoms with Gasteiger partial charge in [0.15, 0.2) is 6.29 Å². The van der Waals surface area contributed by atoms with E-state index in [1.165, 1.54) is 18.2 Å². The molecule has 1 aromatic rings. The number of amides is 1. The maximum absolute atomic E-state index is 11.0. The van der Waals surface area contributed by atoms with E-state index in [1.807, 2.05) is 14.1 Å². The van der Waals surface area contributed by atoms with Gasteiger partial charge in [-0.2, -0.15) is 0 Å². The van der Waals surface area contributed by atoms with Crippen LogP contribution in [0.4, 0.5) is 5.69 Å². The standard InChI is InChI=1S/C11H13N3O2/c1-14(2)7-13-10-5-8(11(12)16)3-4-9(10)6-15/h3-7H,1-2H3,(H2,12,16). The van der Waals surface area contributed by atoms with Crippen molar-refractivity contribution < 1.29 is 9.59 Å². The number of hydrogen-bond donors (Lipinski definition) is 1. The third-order valence-electron chi connectivity index (χ3n) is 1.87. The Morgan fingerprint density at radius 2 is 2.12 bits per heavy atom. The van der Waals surface area contributed by atoms with E-state index in [9.17, 15) is 9.59 Å². The molecule has 1 aromatic carbocycles. The summed E-state index contributed by atoms with van der Waals surface area (Å²) in [7, 11) is 3.62. The Labute approximate surface area is 93.6 Å². The van der Waals surface area contributed by atoms with Gasteiger partial charge < -0.3 is 10.6 Å². The van der Waals surface area contributed by atoms with Crippen molar-refractivity contribution in [3.63, 3.8) is 0 Å². The number of hydrogen-bond acceptors (Lipinski definition) is 3. The van der Waals surface area contributed by atoms with Crippen molar-refractivity contribution in [1.82, 2.24) is 4.90 Å². The number of aldehydes is 1. The molecule has 0 fully saturated rings. The van der Waals surface area contributed by atoms with Gasteiger partial charge in [0.2, 0.25) is 5.91 Å². The third kappa shape index (κ3) is 2.91. The fourth-order valence-corrected chi connectivity index (χ4v) is 1.09. The molecule has 0 aliphatic carbocycles. The van der Waals surface area contributed by atoms with Crippen molar-refractivity contribution in [2.75, 3.05) is 14.1 Å². The predicted molar refractivity (Wildman–Crippen MR) is 62.2 cm³/mol. The van der Waals surface area contributed by atoms with E-state index >= 15 is 0 Å². The average Bonchev–Trinajstić information content (AvgIpc) is 2.25. The molecule has 0 bridgehead atoms. The highest BCUT2D eigenvalue weighted by Gasteiger charge is 2.05. The fraction of sp³-hybridized carbons (Fsp3) is 0.182. The van der Waals surface area contributed by atoms with Crippen LogP contribution in [0.15, 0.2) is 23.2 Å². The number of carbonyl (C=O) groups is 2. The molecule has 0 aliphatic heterocycles. The second-order valence-electron chi connectivity index (χ2n) is 3.46. The number of nitrogens with two attached hydrogens (primary N) is 1. The third-order valence-corrected chi connectivity index (χ3v) is 1.87. The highest BCUT2D eigenvalue weighted by Crippen LogP contribution is 2.19. The second kappa shape index (κ2) is 5.06. The lowest BCUT2D eigenvalue weighted by molar-refractivity contribution is 0.0999. The van der Waals surface area contributed by atoms with E-state index in [1.54, 1.807) is 11.2 Å². The molecule has 0 atom stereocenters. The molecule has 5 heteroatoms. The summed E-state index contributed by atoms with van der Waals surface area (Å²) in [6.07, 6.45) is 2.24. The predicted octanol–water partition coefficient (Wildman–Crippen LogP) is 0.819. The number of carbonyl (C=O) groups excluding carboxylic acids is 2. The Hall–Kier alpha value is -2.17. The largest absolute Gasteiger partial charge is 0.369 e. The second-order valence-corrected chi connectivity index (χ2v) is 3.46. The maximum atomic E-state index is 11.0. The first-order chi connectivity index (χ1) is 7.54. The maximum Gasteiger partial charge on any atom is 0.248 e. The van der Waals surface area contributed by atoms with E-state index in [4.69, 9.17) is 5.73 Å². The summed E-state index contributed by atoms with van der Waals surface area (Å²) in [5, 5.41) is 0. The first kappa shape index (κ1) is 11.9. The molecule has 0 aliphatic rings. The van der Waals surface area contributed by atoms with Crippen LogP contribution in [0.3, 0.4) is 0 Å². The number of rotatable bonds is 4. The summed E-state index contributed by atoms with van der Waals surface area (Å²) in [6, 6.07) is 4.52. The highest BCUT2D eigenvalue weighted by molar-refractivity contribution is 5.96. The molecule has 0 spiro atoms. The van der Waals surface area contributed by atoms with Crippen molar-refractivity contribution in [2.45, 2.75) is 0 Å². The molecule has 1 amide bonds. The Bertz CT molecular complexity index is 439. The van der Waals surface area contributed by atoms with Crippen molar-refractivity contribution >= 4 is 24.2 Å². The van der Waals surface area contributed by atoms with Crippen molar-refractivity contribution in [3.8, 4) is 0 Å². The van der Waals surface area contributed by atoms with Crippen LogP contribution < -0.4 is 5.73 Å². The monoisotopic (exact) mass is 219 g/mol. The summed E-state index contributed by atoms with van der Waals surface area (Å²) in [4.78, 5) is 27.5. The number of nitrogens with zero attached hydrogens (tertiary/aromatic N) is 2. The summed E-state index contributed by atoms with van der Waals surface area (Å²) in [5.41, 5.74) is 6.32. The van der Waals surface area contributed by atoms with Gasteiger partial charge >= 0.3 is 0 Å². The van der Waals surface area contributed by atoms with Crippen LogP contribution in [-0.4, -0.2) is 37.5 Å². The van der Waals surface area contributed by atoms with E-state index in [0.717, 1.165) is 0 Å². The van der Waals surface area contributed by atoms with Crippen LogP contribution in [0, 0.1) is 0 Å². The van der Waals surface area contributed by atoms with Gasteiger partial charge in [-0.25, -0.2) is 4.99 Å². The Kier molecular flexibility index (Phi) is 3.77. The lowest BCUT2D eigenvalue weighted by Gasteiger charge is -2.04. The fourth-order valence-electron chi connectivity index (χ4n) is 1.09. The van der Waals surface area contributed by atoms with Crippen LogP contribution in [0.25, 0.3) is 0 Å². The first-order valence-electron chi connectivity index (χ1n) is 4.64. The molecule has 0 saturated carbocycles. The van der Waals surface area contributed by atoms with Crippen molar-refractivity contribution in [1.29, 1.82) is 0 Å². The van der Waals surface area contributed by atoms with Crippen LogP contribution >= 0.6 is 0 Å².